The highest BCUT2D eigenvalue weighted by Crippen LogP contribution is 2.27. The van der Waals surface area contributed by atoms with Crippen LogP contribution in [-0.4, -0.2) is 20.7 Å². The number of carbonyl (C=O) groups excluding carboxylic acids is 1. The second-order valence-corrected chi connectivity index (χ2v) is 7.35. The van der Waals surface area contributed by atoms with E-state index in [2.05, 4.69) is 27.5 Å². The summed E-state index contributed by atoms with van der Waals surface area (Å²) < 4.78 is 2.92. The maximum atomic E-state index is 12.3. The number of nitrogens with one attached hydrogen (secondary N) is 1. The molecule has 0 bridgehead atoms. The van der Waals surface area contributed by atoms with Crippen molar-refractivity contribution in [1.29, 1.82) is 5.26 Å². The largest absolute Gasteiger partial charge is 0.302 e. The van der Waals surface area contributed by atoms with Crippen molar-refractivity contribution in [3.63, 3.8) is 0 Å². The molecular formula is C19H21N5OS. The van der Waals surface area contributed by atoms with Gasteiger partial charge in [0.2, 0.25) is 5.91 Å². The van der Waals surface area contributed by atoms with Crippen LogP contribution < -0.4 is 5.32 Å². The van der Waals surface area contributed by atoms with E-state index in [1.165, 1.54) is 16.9 Å². The van der Waals surface area contributed by atoms with Gasteiger partial charge in [-0.3, -0.25) is 9.48 Å². The SMILES string of the molecule is Cc1ccc2nc(NC(=O)CCc3c(C)nn(CCC#N)c3C)sc2c1. The first-order valence-corrected chi connectivity index (χ1v) is 9.36. The van der Waals surface area contributed by atoms with Gasteiger partial charge in [-0.1, -0.05) is 17.4 Å². The van der Waals surface area contributed by atoms with E-state index < -0.39 is 0 Å². The second kappa shape index (κ2) is 7.67. The van der Waals surface area contributed by atoms with Crippen molar-refractivity contribution in [3.8, 4) is 6.07 Å². The third-order valence-corrected chi connectivity index (χ3v) is 5.29. The fourth-order valence-corrected chi connectivity index (χ4v) is 3.96. The summed E-state index contributed by atoms with van der Waals surface area (Å²) >= 11 is 1.49. The molecule has 6 nitrogen and oxygen atoms in total. The molecule has 0 aliphatic heterocycles. The standard InChI is InChI=1S/C19H21N5OS/c1-12-5-7-16-17(11-12)26-19(21-16)22-18(25)8-6-15-13(2)23-24(14(15)3)10-4-9-20/h5,7,11H,4,6,8,10H2,1-3H3,(H,21,22,25). The molecular weight excluding hydrogens is 346 g/mol. The number of hydrogen-bond acceptors (Lipinski definition) is 5. The lowest BCUT2D eigenvalue weighted by molar-refractivity contribution is -0.116. The number of amides is 1. The molecule has 0 unspecified atom stereocenters. The average Bonchev–Trinajstić information content (AvgIpc) is 3.11. The smallest absolute Gasteiger partial charge is 0.226 e. The van der Waals surface area contributed by atoms with Crippen molar-refractivity contribution < 1.29 is 4.79 Å². The highest BCUT2D eigenvalue weighted by Gasteiger charge is 2.14. The molecule has 3 rings (SSSR count). The number of nitrogens with zero attached hydrogens (tertiary/aromatic N) is 4. The summed E-state index contributed by atoms with van der Waals surface area (Å²) in [6.07, 6.45) is 1.43. The van der Waals surface area contributed by atoms with Gasteiger partial charge in [0.25, 0.3) is 0 Å². The minimum atomic E-state index is -0.0515. The number of rotatable bonds is 6. The summed E-state index contributed by atoms with van der Waals surface area (Å²) in [5.74, 6) is -0.0515. The fraction of sp³-hybridized carbons (Fsp3) is 0.368. The van der Waals surface area contributed by atoms with Crippen LogP contribution >= 0.6 is 11.3 Å². The molecule has 0 saturated heterocycles. The Morgan fingerprint density at radius 3 is 2.92 bits per heavy atom. The molecule has 0 aliphatic carbocycles. The summed E-state index contributed by atoms with van der Waals surface area (Å²) in [6.45, 7) is 6.55. The Bertz CT molecular complexity index is 995. The lowest BCUT2D eigenvalue weighted by Crippen LogP contribution is -2.12. The van der Waals surface area contributed by atoms with Crippen molar-refractivity contribution in [1.82, 2.24) is 14.8 Å². The molecule has 3 aromatic rings. The van der Waals surface area contributed by atoms with Crippen molar-refractivity contribution in [2.45, 2.75) is 46.6 Å². The van der Waals surface area contributed by atoms with Crippen molar-refractivity contribution in [2.24, 2.45) is 0 Å². The van der Waals surface area contributed by atoms with Gasteiger partial charge >= 0.3 is 0 Å². The Hall–Kier alpha value is -2.72. The van der Waals surface area contributed by atoms with E-state index in [1.54, 1.807) is 0 Å². The Labute approximate surface area is 156 Å². The van der Waals surface area contributed by atoms with E-state index in [4.69, 9.17) is 5.26 Å². The van der Waals surface area contributed by atoms with Crippen molar-refractivity contribution >= 4 is 32.6 Å². The number of hydrogen-bond donors (Lipinski definition) is 1. The number of nitriles is 1. The Morgan fingerprint density at radius 2 is 2.15 bits per heavy atom. The molecule has 1 amide bonds. The first-order valence-electron chi connectivity index (χ1n) is 8.55. The van der Waals surface area contributed by atoms with Crippen LogP contribution in [0.1, 0.15) is 35.4 Å². The normalized spacial score (nSPS) is 10.8. The Kier molecular flexibility index (Phi) is 5.33. The molecule has 7 heteroatoms. The van der Waals surface area contributed by atoms with Crippen LogP contribution in [0.3, 0.4) is 0 Å². The molecule has 0 fully saturated rings. The third-order valence-electron chi connectivity index (χ3n) is 4.36. The summed E-state index contributed by atoms with van der Waals surface area (Å²) in [4.78, 5) is 16.8. The van der Waals surface area contributed by atoms with Crippen LogP contribution in [0.2, 0.25) is 0 Å². The molecule has 0 spiro atoms. The highest BCUT2D eigenvalue weighted by molar-refractivity contribution is 7.22. The fourth-order valence-electron chi connectivity index (χ4n) is 2.98. The van der Waals surface area contributed by atoms with E-state index in [0.29, 0.717) is 30.9 Å². The van der Waals surface area contributed by atoms with Gasteiger partial charge in [0.15, 0.2) is 5.13 Å². The molecule has 0 atom stereocenters. The van der Waals surface area contributed by atoms with Gasteiger partial charge in [-0.05, 0) is 50.5 Å². The van der Waals surface area contributed by atoms with Crippen LogP contribution in [-0.2, 0) is 17.8 Å². The molecule has 134 valence electrons. The van der Waals surface area contributed by atoms with E-state index in [9.17, 15) is 4.79 Å². The zero-order chi connectivity index (χ0) is 18.7. The van der Waals surface area contributed by atoms with Gasteiger partial charge in [-0.25, -0.2) is 4.98 Å². The number of carbonyl (C=O) groups is 1. The zero-order valence-corrected chi connectivity index (χ0v) is 16.0. The minimum absolute atomic E-state index is 0.0515. The monoisotopic (exact) mass is 367 g/mol. The summed E-state index contributed by atoms with van der Waals surface area (Å²) in [7, 11) is 0. The predicted molar refractivity (Wildman–Crippen MR) is 103 cm³/mol. The predicted octanol–water partition coefficient (Wildman–Crippen LogP) is 3.90. The molecule has 0 aliphatic rings. The maximum Gasteiger partial charge on any atom is 0.226 e. The zero-order valence-electron chi connectivity index (χ0n) is 15.2. The first kappa shape index (κ1) is 18.1. The second-order valence-electron chi connectivity index (χ2n) is 6.32. The van der Waals surface area contributed by atoms with Gasteiger partial charge in [0.05, 0.1) is 34.9 Å². The summed E-state index contributed by atoms with van der Waals surface area (Å²) in [5, 5.41) is 16.7. The number of fused-ring (bicyclic) bond motifs is 1. The number of anilines is 1. The lowest BCUT2D eigenvalue weighted by Gasteiger charge is -2.04. The van der Waals surface area contributed by atoms with E-state index in [0.717, 1.165) is 27.2 Å². The van der Waals surface area contributed by atoms with Gasteiger partial charge in [0, 0.05) is 12.1 Å². The number of benzene rings is 1. The van der Waals surface area contributed by atoms with Crippen LogP contribution in [0.5, 0.6) is 0 Å². The topological polar surface area (TPSA) is 83.6 Å². The third kappa shape index (κ3) is 3.92. The average molecular weight is 367 g/mol. The van der Waals surface area contributed by atoms with E-state index >= 15 is 0 Å². The van der Waals surface area contributed by atoms with Crippen molar-refractivity contribution in [2.75, 3.05) is 5.32 Å². The van der Waals surface area contributed by atoms with E-state index in [-0.39, 0.29) is 5.91 Å². The van der Waals surface area contributed by atoms with Gasteiger partial charge in [-0.2, -0.15) is 10.4 Å². The molecule has 1 aromatic carbocycles. The molecule has 0 radical (unpaired) electrons. The number of thiazole rings is 1. The molecule has 2 heterocycles. The number of aromatic nitrogens is 3. The molecule has 2 aromatic heterocycles. The van der Waals surface area contributed by atoms with Crippen LogP contribution in [0.25, 0.3) is 10.2 Å². The molecule has 1 N–H and O–H groups in total. The van der Waals surface area contributed by atoms with Crippen LogP contribution in [0.4, 0.5) is 5.13 Å². The van der Waals surface area contributed by atoms with E-state index in [1.807, 2.05) is 37.6 Å². The number of aryl methyl sites for hydroxylation is 3. The summed E-state index contributed by atoms with van der Waals surface area (Å²) in [5.41, 5.74) is 5.11. The van der Waals surface area contributed by atoms with Gasteiger partial charge in [0.1, 0.15) is 0 Å². The first-order chi connectivity index (χ1) is 12.5. The highest BCUT2D eigenvalue weighted by atomic mass is 32.1. The molecule has 26 heavy (non-hydrogen) atoms. The van der Waals surface area contributed by atoms with Gasteiger partial charge < -0.3 is 5.32 Å². The lowest BCUT2D eigenvalue weighted by atomic mass is 10.1. The quantitative estimate of drug-likeness (QED) is 0.716. The van der Waals surface area contributed by atoms with Crippen LogP contribution in [0, 0.1) is 32.1 Å². The minimum Gasteiger partial charge on any atom is -0.302 e. The van der Waals surface area contributed by atoms with Crippen molar-refractivity contribution in [3.05, 3.63) is 40.7 Å². The Morgan fingerprint density at radius 1 is 1.35 bits per heavy atom. The Balaban J connectivity index is 1.63. The maximum absolute atomic E-state index is 12.3. The van der Waals surface area contributed by atoms with Gasteiger partial charge in [-0.15, -0.1) is 0 Å². The van der Waals surface area contributed by atoms with Crippen LogP contribution in [0.15, 0.2) is 18.2 Å². The molecule has 0 saturated carbocycles. The summed E-state index contributed by atoms with van der Waals surface area (Å²) in [6, 6.07) is 8.20.